The van der Waals surface area contributed by atoms with Crippen LogP contribution in [0.25, 0.3) is 0 Å². The van der Waals surface area contributed by atoms with Crippen LogP contribution in [-0.4, -0.2) is 23.6 Å². The molecule has 0 aromatic carbocycles. The molecule has 1 aromatic heterocycles. The molecule has 0 unspecified atom stereocenters. The lowest BCUT2D eigenvalue weighted by Gasteiger charge is -2.10. The van der Waals surface area contributed by atoms with E-state index in [1.54, 1.807) is 0 Å². The van der Waals surface area contributed by atoms with Crippen LogP contribution < -0.4 is 10.5 Å². The van der Waals surface area contributed by atoms with Crippen LogP contribution in [0, 0.1) is 5.41 Å². The Balaban J connectivity index is 2.64. The lowest BCUT2D eigenvalue weighted by atomic mass is 10.2. The molecular weight excluding hydrogens is 223 g/mol. The molecule has 16 heavy (non-hydrogen) atoms. The first-order valence-electron chi connectivity index (χ1n) is 4.38. The largest absolute Gasteiger partial charge is 0.491 e. The molecule has 0 spiro atoms. The van der Waals surface area contributed by atoms with Crippen LogP contribution >= 0.6 is 0 Å². The summed E-state index contributed by atoms with van der Waals surface area (Å²) in [5.74, 6) is -0.191. The topological polar surface area (TPSA) is 72.0 Å². The fourth-order valence-electron chi connectivity index (χ4n) is 0.994. The lowest BCUT2D eigenvalue weighted by molar-refractivity contribution is -0.139. The number of nitrogen functional groups attached to an aromatic ring is 1. The molecule has 0 saturated heterocycles. The van der Waals surface area contributed by atoms with Gasteiger partial charge in [0.05, 0.1) is 24.8 Å². The maximum atomic E-state index is 11.9. The number of nitrogens with two attached hydrogens (primary N) is 1. The molecular formula is C9H10F3N3O. The number of aromatic nitrogens is 1. The minimum Gasteiger partial charge on any atom is -0.491 e. The van der Waals surface area contributed by atoms with Crippen molar-refractivity contribution in [2.45, 2.75) is 12.6 Å². The van der Waals surface area contributed by atoms with E-state index in [-0.39, 0.29) is 17.1 Å². The second kappa shape index (κ2) is 4.82. The van der Waals surface area contributed by atoms with Gasteiger partial charge in [0, 0.05) is 6.20 Å². The molecule has 0 bridgehead atoms. The first-order valence-corrected chi connectivity index (χ1v) is 4.38. The summed E-state index contributed by atoms with van der Waals surface area (Å²) in [6, 6.07) is 1.41. The number of hydrogen-bond donors (Lipinski definition) is 2. The van der Waals surface area contributed by atoms with E-state index in [1.807, 2.05) is 0 Å². The fourth-order valence-corrected chi connectivity index (χ4v) is 0.994. The molecule has 0 amide bonds. The van der Waals surface area contributed by atoms with E-state index in [2.05, 4.69) is 4.98 Å². The molecule has 1 rings (SSSR count). The fraction of sp³-hybridized carbons (Fsp3) is 0.333. The second-order valence-corrected chi connectivity index (χ2v) is 3.00. The minimum atomic E-state index is -4.27. The molecule has 0 fully saturated rings. The number of alkyl halides is 3. The number of halogens is 3. The summed E-state index contributed by atoms with van der Waals surface area (Å²) in [5.41, 5.74) is 5.46. The zero-order chi connectivity index (χ0) is 12.2. The Labute approximate surface area is 89.7 Å². The highest BCUT2D eigenvalue weighted by atomic mass is 19.4. The van der Waals surface area contributed by atoms with E-state index in [1.165, 1.54) is 18.5 Å². The number of ether oxygens (including phenoxy) is 1. The summed E-state index contributed by atoms with van der Waals surface area (Å²) in [4.78, 5) is 3.68. The highest BCUT2D eigenvalue weighted by Crippen LogP contribution is 2.21. The molecule has 1 aromatic rings. The van der Waals surface area contributed by atoms with Crippen molar-refractivity contribution in [3.63, 3.8) is 0 Å². The van der Waals surface area contributed by atoms with Crippen LogP contribution in [0.5, 0.6) is 5.75 Å². The summed E-state index contributed by atoms with van der Waals surface area (Å²) in [6.45, 7) is -0.518. The minimum absolute atomic E-state index is 0.0826. The van der Waals surface area contributed by atoms with Crippen LogP contribution in [0.15, 0.2) is 18.5 Å². The summed E-state index contributed by atoms with van der Waals surface area (Å²) < 4.78 is 40.4. The smallest absolute Gasteiger partial charge is 0.392 e. The van der Waals surface area contributed by atoms with Crippen LogP contribution in [0.3, 0.4) is 0 Å². The number of hydrogen-bond acceptors (Lipinski definition) is 3. The van der Waals surface area contributed by atoms with Gasteiger partial charge in [0.2, 0.25) is 0 Å². The van der Waals surface area contributed by atoms with E-state index >= 15 is 0 Å². The van der Waals surface area contributed by atoms with Gasteiger partial charge in [0.25, 0.3) is 0 Å². The van der Waals surface area contributed by atoms with Crippen LogP contribution in [0.2, 0.25) is 0 Å². The van der Waals surface area contributed by atoms with Crippen molar-refractivity contribution in [3.05, 3.63) is 24.0 Å². The normalized spacial score (nSPS) is 11.2. The third-order valence-corrected chi connectivity index (χ3v) is 1.72. The Kier molecular flexibility index (Phi) is 3.70. The van der Waals surface area contributed by atoms with Crippen molar-refractivity contribution in [2.24, 2.45) is 5.73 Å². The summed E-state index contributed by atoms with van der Waals surface area (Å²) in [5, 5.41) is 7.18. The van der Waals surface area contributed by atoms with Crippen molar-refractivity contribution < 1.29 is 17.9 Å². The number of amidine groups is 1. The second-order valence-electron chi connectivity index (χ2n) is 3.00. The van der Waals surface area contributed by atoms with Gasteiger partial charge >= 0.3 is 6.18 Å². The molecule has 3 N–H and O–H groups in total. The van der Waals surface area contributed by atoms with Gasteiger partial charge < -0.3 is 10.5 Å². The Morgan fingerprint density at radius 3 is 2.75 bits per heavy atom. The van der Waals surface area contributed by atoms with E-state index in [0.29, 0.717) is 0 Å². The van der Waals surface area contributed by atoms with Gasteiger partial charge in [-0.3, -0.25) is 10.4 Å². The van der Waals surface area contributed by atoms with Gasteiger partial charge in [-0.25, -0.2) is 0 Å². The van der Waals surface area contributed by atoms with Crippen molar-refractivity contribution in [2.75, 3.05) is 6.61 Å². The van der Waals surface area contributed by atoms with Crippen LogP contribution in [0.1, 0.15) is 12.0 Å². The quantitative estimate of drug-likeness (QED) is 0.614. The Morgan fingerprint density at radius 1 is 1.50 bits per heavy atom. The van der Waals surface area contributed by atoms with E-state index in [4.69, 9.17) is 15.9 Å². The van der Waals surface area contributed by atoms with Gasteiger partial charge in [0.15, 0.2) is 0 Å². The van der Waals surface area contributed by atoms with Crippen molar-refractivity contribution >= 4 is 5.84 Å². The summed E-state index contributed by atoms with van der Waals surface area (Å²) in [7, 11) is 0. The highest BCUT2D eigenvalue weighted by Gasteiger charge is 2.27. The van der Waals surface area contributed by atoms with E-state index < -0.39 is 19.2 Å². The number of nitrogens with one attached hydrogen (secondary N) is 1. The maximum absolute atomic E-state index is 11.9. The predicted molar refractivity (Wildman–Crippen MR) is 51.4 cm³/mol. The summed E-state index contributed by atoms with van der Waals surface area (Å²) >= 11 is 0. The third kappa shape index (κ3) is 3.76. The van der Waals surface area contributed by atoms with Crippen LogP contribution in [0.4, 0.5) is 13.2 Å². The van der Waals surface area contributed by atoms with Gasteiger partial charge in [-0.05, 0) is 6.07 Å². The van der Waals surface area contributed by atoms with E-state index in [9.17, 15) is 13.2 Å². The van der Waals surface area contributed by atoms with E-state index in [0.717, 1.165) is 0 Å². The Hall–Kier alpha value is -1.79. The highest BCUT2D eigenvalue weighted by molar-refractivity contribution is 5.97. The first-order chi connectivity index (χ1) is 7.40. The van der Waals surface area contributed by atoms with Crippen molar-refractivity contribution in [1.29, 1.82) is 5.41 Å². The Morgan fingerprint density at radius 2 is 2.19 bits per heavy atom. The molecule has 0 aliphatic carbocycles. The maximum Gasteiger partial charge on any atom is 0.392 e. The monoisotopic (exact) mass is 233 g/mol. The molecule has 4 nitrogen and oxygen atoms in total. The van der Waals surface area contributed by atoms with Crippen molar-refractivity contribution in [3.8, 4) is 5.75 Å². The number of nitrogens with zero attached hydrogens (tertiary/aromatic N) is 1. The van der Waals surface area contributed by atoms with Gasteiger partial charge in [-0.1, -0.05) is 0 Å². The third-order valence-electron chi connectivity index (χ3n) is 1.72. The lowest BCUT2D eigenvalue weighted by Crippen LogP contribution is -2.16. The molecule has 0 atom stereocenters. The molecule has 88 valence electrons. The molecule has 1 heterocycles. The average Bonchev–Trinajstić information content (AvgIpc) is 2.16. The van der Waals surface area contributed by atoms with Crippen molar-refractivity contribution in [1.82, 2.24) is 4.98 Å². The van der Waals surface area contributed by atoms with Gasteiger partial charge in [-0.2, -0.15) is 13.2 Å². The zero-order valence-electron chi connectivity index (χ0n) is 8.21. The standard InChI is InChI=1S/C9H10F3N3O/c10-9(11,12)2-4-16-7-5-15-3-1-6(7)8(13)14/h1,3,5H,2,4H2,(H3,13,14). The molecule has 0 aliphatic rings. The van der Waals surface area contributed by atoms with Gasteiger partial charge in [-0.15, -0.1) is 0 Å². The van der Waals surface area contributed by atoms with Gasteiger partial charge in [0.1, 0.15) is 11.6 Å². The molecule has 0 radical (unpaired) electrons. The molecule has 0 saturated carbocycles. The predicted octanol–water partition coefficient (Wildman–Crippen LogP) is 1.70. The SMILES string of the molecule is N=C(N)c1ccncc1OCCC(F)(F)F. The molecule has 0 aliphatic heterocycles. The average molecular weight is 233 g/mol. The number of rotatable bonds is 4. The molecule has 7 heteroatoms. The number of pyridine rings is 1. The zero-order valence-corrected chi connectivity index (χ0v) is 8.21. The first kappa shape index (κ1) is 12.3. The Bertz CT molecular complexity index is 379. The summed E-state index contributed by atoms with van der Waals surface area (Å²) in [6.07, 6.45) is -2.71. The van der Waals surface area contributed by atoms with Crippen LogP contribution in [-0.2, 0) is 0 Å².